The van der Waals surface area contributed by atoms with Gasteiger partial charge in [-0.25, -0.2) is 9.97 Å². The third-order valence-electron chi connectivity index (χ3n) is 2.85. The lowest BCUT2D eigenvalue weighted by Crippen LogP contribution is -2.25. The zero-order valence-corrected chi connectivity index (χ0v) is 15.0. The fraction of sp³-hybridized carbons (Fsp3) is 0.333. The van der Waals surface area contributed by atoms with Crippen LogP contribution in [0.3, 0.4) is 0 Å². The van der Waals surface area contributed by atoms with E-state index in [1.54, 1.807) is 28.4 Å². The van der Waals surface area contributed by atoms with E-state index in [1.807, 2.05) is 17.8 Å². The lowest BCUT2D eigenvalue weighted by atomic mass is 10.4. The summed E-state index contributed by atoms with van der Waals surface area (Å²) in [7, 11) is 0. The number of hydrogen-bond donors (Lipinski definition) is 1. The van der Waals surface area contributed by atoms with Crippen LogP contribution in [-0.4, -0.2) is 37.0 Å². The summed E-state index contributed by atoms with van der Waals surface area (Å²) >= 11 is 3.02. The first-order chi connectivity index (χ1) is 10.4. The number of aromatic nitrogens is 5. The van der Waals surface area contributed by atoms with Gasteiger partial charge in [-0.05, 0) is 13.0 Å². The van der Waals surface area contributed by atoms with Crippen LogP contribution >= 0.6 is 39.9 Å². The Morgan fingerprint density at radius 1 is 1.32 bits per heavy atom. The fourth-order valence-electron chi connectivity index (χ4n) is 1.84. The summed E-state index contributed by atoms with van der Waals surface area (Å²) in [6.07, 6.45) is 7.96. The molecule has 0 atom stereocenters. The van der Waals surface area contributed by atoms with Crippen molar-refractivity contribution >= 4 is 45.0 Å². The van der Waals surface area contributed by atoms with Gasteiger partial charge in [0.2, 0.25) is 11.1 Å². The molecule has 0 saturated carbocycles. The number of nitrogens with zero attached hydrogens (tertiary/aromatic N) is 6. The highest BCUT2D eigenvalue weighted by Crippen LogP contribution is 2.22. The highest BCUT2D eigenvalue weighted by molar-refractivity contribution is 8.93. The van der Waals surface area contributed by atoms with Crippen LogP contribution in [0, 0.1) is 0 Å². The van der Waals surface area contributed by atoms with Gasteiger partial charge in [0.25, 0.3) is 0 Å². The van der Waals surface area contributed by atoms with Gasteiger partial charge < -0.3 is 10.6 Å². The van der Waals surface area contributed by atoms with Gasteiger partial charge in [0, 0.05) is 42.0 Å². The molecular formula is C12H16BrN7S2. The summed E-state index contributed by atoms with van der Waals surface area (Å²) in [5.41, 5.74) is 5.63. The summed E-state index contributed by atoms with van der Waals surface area (Å²) in [5, 5.41) is 3.92. The molecule has 22 heavy (non-hydrogen) atoms. The van der Waals surface area contributed by atoms with Crippen LogP contribution in [0.2, 0.25) is 0 Å². The first kappa shape index (κ1) is 17.0. The van der Waals surface area contributed by atoms with E-state index < -0.39 is 0 Å². The summed E-state index contributed by atoms with van der Waals surface area (Å²) in [6.45, 7) is 2.23. The second kappa shape index (κ2) is 8.32. The fourth-order valence-corrected chi connectivity index (χ4v) is 3.16. The zero-order valence-electron chi connectivity index (χ0n) is 11.7. The molecule has 0 fully saturated rings. The van der Waals surface area contributed by atoms with Gasteiger partial charge in [0.05, 0.1) is 6.54 Å². The number of halogens is 1. The van der Waals surface area contributed by atoms with Gasteiger partial charge >= 0.3 is 0 Å². The quantitative estimate of drug-likeness (QED) is 0.652. The van der Waals surface area contributed by atoms with Gasteiger partial charge in [-0.2, -0.15) is 9.36 Å². The Balaban J connectivity index is 0.00000176. The standard InChI is InChI=1S/C12H15N7S2.BrH/c13-2-1-5-18(8-10-15-4-7-20-10)12-16-11(17-21-12)19-6-3-14-9-19;/h3-4,6-7,9H,1-2,5,8,13H2;1H. The maximum absolute atomic E-state index is 5.63. The molecular weight excluding hydrogens is 386 g/mol. The molecule has 3 aromatic heterocycles. The lowest BCUT2D eigenvalue weighted by molar-refractivity contribution is 0.729. The molecule has 0 aliphatic heterocycles. The highest BCUT2D eigenvalue weighted by Gasteiger charge is 2.14. The molecule has 0 amide bonds. The van der Waals surface area contributed by atoms with Crippen molar-refractivity contribution in [3.63, 3.8) is 0 Å². The van der Waals surface area contributed by atoms with E-state index in [9.17, 15) is 0 Å². The van der Waals surface area contributed by atoms with Gasteiger partial charge in [-0.1, -0.05) is 0 Å². The third-order valence-corrected chi connectivity index (χ3v) is 4.38. The van der Waals surface area contributed by atoms with E-state index in [4.69, 9.17) is 5.73 Å². The summed E-state index contributed by atoms with van der Waals surface area (Å²) < 4.78 is 6.18. The number of nitrogens with two attached hydrogens (primary N) is 1. The molecule has 0 radical (unpaired) electrons. The van der Waals surface area contributed by atoms with Gasteiger partial charge in [-0.3, -0.25) is 4.57 Å². The number of hydrogen-bond acceptors (Lipinski definition) is 8. The van der Waals surface area contributed by atoms with Gasteiger partial charge in [0.1, 0.15) is 11.3 Å². The minimum atomic E-state index is 0. The van der Waals surface area contributed by atoms with Crippen molar-refractivity contribution in [2.24, 2.45) is 5.73 Å². The van der Waals surface area contributed by atoms with Crippen LogP contribution in [-0.2, 0) is 6.54 Å². The number of imidazole rings is 1. The zero-order chi connectivity index (χ0) is 14.5. The predicted octanol–water partition coefficient (Wildman–Crippen LogP) is 2.11. The Hall–Kier alpha value is -1.36. The lowest BCUT2D eigenvalue weighted by Gasteiger charge is -2.19. The Morgan fingerprint density at radius 3 is 2.91 bits per heavy atom. The van der Waals surface area contributed by atoms with Crippen molar-refractivity contribution in [1.29, 1.82) is 0 Å². The van der Waals surface area contributed by atoms with Crippen LogP contribution in [0.5, 0.6) is 0 Å². The minimum absolute atomic E-state index is 0. The predicted molar refractivity (Wildman–Crippen MR) is 94.2 cm³/mol. The van der Waals surface area contributed by atoms with E-state index in [0.717, 1.165) is 29.6 Å². The van der Waals surface area contributed by atoms with Crippen LogP contribution in [0.1, 0.15) is 11.4 Å². The van der Waals surface area contributed by atoms with Gasteiger partial charge in [0.15, 0.2) is 0 Å². The normalized spacial score (nSPS) is 10.4. The molecule has 2 N–H and O–H groups in total. The average Bonchev–Trinajstić information content (AvgIpc) is 3.24. The maximum Gasteiger partial charge on any atom is 0.248 e. The summed E-state index contributed by atoms with van der Waals surface area (Å²) in [4.78, 5) is 15.1. The number of anilines is 1. The maximum atomic E-state index is 5.63. The molecule has 0 unspecified atom stereocenters. The first-order valence-electron chi connectivity index (χ1n) is 6.52. The van der Waals surface area contributed by atoms with Crippen LogP contribution in [0.25, 0.3) is 5.95 Å². The average molecular weight is 402 g/mol. The van der Waals surface area contributed by atoms with Crippen molar-refractivity contribution in [1.82, 2.24) is 23.9 Å². The van der Waals surface area contributed by atoms with Crippen LogP contribution < -0.4 is 10.6 Å². The second-order valence-corrected chi connectivity index (χ2v) is 6.05. The Morgan fingerprint density at radius 2 is 2.23 bits per heavy atom. The molecule has 3 rings (SSSR count). The topological polar surface area (TPSA) is 85.8 Å². The van der Waals surface area contributed by atoms with E-state index in [1.165, 1.54) is 11.5 Å². The SMILES string of the molecule is Br.NCCCN(Cc1nccs1)c1nc(-n2ccnc2)ns1. The highest BCUT2D eigenvalue weighted by atomic mass is 79.9. The molecule has 118 valence electrons. The smallest absolute Gasteiger partial charge is 0.248 e. The minimum Gasteiger partial charge on any atom is -0.340 e. The van der Waals surface area contributed by atoms with Crippen molar-refractivity contribution in [3.8, 4) is 5.95 Å². The van der Waals surface area contributed by atoms with E-state index in [-0.39, 0.29) is 17.0 Å². The second-order valence-electron chi connectivity index (χ2n) is 4.34. The molecule has 0 bridgehead atoms. The molecule has 0 aliphatic carbocycles. The molecule has 10 heteroatoms. The van der Waals surface area contributed by atoms with E-state index in [2.05, 4.69) is 24.2 Å². The molecule has 0 aromatic carbocycles. The van der Waals surface area contributed by atoms with Crippen molar-refractivity contribution < 1.29 is 0 Å². The van der Waals surface area contributed by atoms with Crippen LogP contribution in [0.4, 0.5) is 5.13 Å². The largest absolute Gasteiger partial charge is 0.340 e. The molecule has 0 saturated heterocycles. The van der Waals surface area contributed by atoms with Gasteiger partial charge in [-0.15, -0.1) is 28.3 Å². The molecule has 3 aromatic rings. The molecule has 3 heterocycles. The number of thiazole rings is 1. The number of rotatable bonds is 7. The van der Waals surface area contributed by atoms with Crippen molar-refractivity contribution in [2.45, 2.75) is 13.0 Å². The molecule has 0 spiro atoms. The summed E-state index contributed by atoms with van der Waals surface area (Å²) in [6, 6.07) is 0. The molecule has 0 aliphatic rings. The van der Waals surface area contributed by atoms with Crippen molar-refractivity contribution in [2.75, 3.05) is 18.0 Å². The molecule has 7 nitrogen and oxygen atoms in total. The third kappa shape index (κ3) is 4.09. The Kier molecular flexibility index (Phi) is 6.43. The van der Waals surface area contributed by atoms with Crippen LogP contribution in [0.15, 0.2) is 30.3 Å². The Bertz CT molecular complexity index is 653. The van der Waals surface area contributed by atoms with E-state index >= 15 is 0 Å². The first-order valence-corrected chi connectivity index (χ1v) is 8.17. The van der Waals surface area contributed by atoms with E-state index in [0.29, 0.717) is 12.5 Å². The summed E-state index contributed by atoms with van der Waals surface area (Å²) in [5.74, 6) is 0.643. The van der Waals surface area contributed by atoms with Crippen molar-refractivity contribution in [3.05, 3.63) is 35.3 Å². The Labute approximate surface area is 146 Å². The monoisotopic (exact) mass is 401 g/mol.